The molecule has 0 saturated carbocycles. The second-order valence-electron chi connectivity index (χ2n) is 4.51. The fourth-order valence-corrected chi connectivity index (χ4v) is 2.00. The summed E-state index contributed by atoms with van der Waals surface area (Å²) >= 11 is 0. The molecule has 2 N–H and O–H groups in total. The van der Waals surface area contributed by atoms with Gasteiger partial charge in [0.25, 0.3) is 5.91 Å². The zero-order chi connectivity index (χ0) is 13.0. The lowest BCUT2D eigenvalue weighted by Gasteiger charge is -2.36. The molecule has 0 aromatic heterocycles. The number of hydrogen-bond acceptors (Lipinski definition) is 3. The Hall–Kier alpha value is -1.46. The van der Waals surface area contributed by atoms with Crippen LogP contribution in [-0.2, 0) is 4.74 Å². The summed E-state index contributed by atoms with van der Waals surface area (Å²) in [7, 11) is 0. The maximum atomic E-state index is 12.8. The van der Waals surface area contributed by atoms with Gasteiger partial charge in [0.1, 0.15) is 5.82 Å². The van der Waals surface area contributed by atoms with Crippen LogP contribution in [-0.4, -0.2) is 36.4 Å². The smallest absolute Gasteiger partial charge is 0.251 e. The standard InChI is InChI=1S/C13H16FNO3/c14-11-3-1-10(2-4-11)12(17)15-13(9-16)5-7-18-8-6-13/h1-4,16H,5-9H2,(H,15,17). The number of aliphatic hydroxyl groups is 1. The molecule has 0 aliphatic carbocycles. The fraction of sp³-hybridized carbons (Fsp3) is 0.462. The molecular weight excluding hydrogens is 237 g/mol. The number of halogens is 1. The van der Waals surface area contributed by atoms with Crippen molar-refractivity contribution in [2.24, 2.45) is 0 Å². The molecule has 1 aliphatic heterocycles. The van der Waals surface area contributed by atoms with Crippen molar-refractivity contribution in [3.63, 3.8) is 0 Å². The number of ether oxygens (including phenoxy) is 1. The van der Waals surface area contributed by atoms with E-state index in [-0.39, 0.29) is 18.3 Å². The van der Waals surface area contributed by atoms with Crippen LogP contribution in [0.25, 0.3) is 0 Å². The minimum atomic E-state index is -0.621. The number of rotatable bonds is 3. The van der Waals surface area contributed by atoms with E-state index in [1.54, 1.807) is 0 Å². The number of amides is 1. The van der Waals surface area contributed by atoms with Crippen LogP contribution in [0.15, 0.2) is 24.3 Å². The molecule has 0 atom stereocenters. The Labute approximate surface area is 105 Å². The fourth-order valence-electron chi connectivity index (χ4n) is 2.00. The van der Waals surface area contributed by atoms with Crippen LogP contribution in [0.5, 0.6) is 0 Å². The van der Waals surface area contributed by atoms with Gasteiger partial charge in [0.2, 0.25) is 0 Å². The van der Waals surface area contributed by atoms with E-state index in [4.69, 9.17) is 4.74 Å². The number of hydrogen-bond donors (Lipinski definition) is 2. The Morgan fingerprint density at radius 2 is 1.94 bits per heavy atom. The first kappa shape index (κ1) is 13.0. The second-order valence-corrected chi connectivity index (χ2v) is 4.51. The molecule has 1 amide bonds. The molecule has 0 radical (unpaired) electrons. The molecule has 0 unspecified atom stereocenters. The van der Waals surface area contributed by atoms with Gasteiger partial charge in [-0.2, -0.15) is 0 Å². The van der Waals surface area contributed by atoms with Gasteiger partial charge in [0.15, 0.2) is 0 Å². The van der Waals surface area contributed by atoms with Crippen molar-refractivity contribution in [2.45, 2.75) is 18.4 Å². The van der Waals surface area contributed by atoms with Crippen LogP contribution in [0.4, 0.5) is 4.39 Å². The molecule has 5 heteroatoms. The van der Waals surface area contributed by atoms with Crippen LogP contribution < -0.4 is 5.32 Å². The van der Waals surface area contributed by atoms with Crippen LogP contribution >= 0.6 is 0 Å². The van der Waals surface area contributed by atoms with E-state index in [0.29, 0.717) is 31.6 Å². The van der Waals surface area contributed by atoms with Gasteiger partial charge < -0.3 is 15.2 Å². The molecule has 98 valence electrons. The van der Waals surface area contributed by atoms with Gasteiger partial charge in [-0.05, 0) is 37.1 Å². The molecule has 1 aromatic carbocycles. The van der Waals surface area contributed by atoms with Gasteiger partial charge in [0.05, 0.1) is 12.1 Å². The van der Waals surface area contributed by atoms with Gasteiger partial charge in [-0.15, -0.1) is 0 Å². The number of nitrogens with one attached hydrogen (secondary N) is 1. The molecule has 1 aromatic rings. The third-order valence-electron chi connectivity index (χ3n) is 3.24. The number of carbonyl (C=O) groups is 1. The largest absolute Gasteiger partial charge is 0.394 e. The van der Waals surface area contributed by atoms with E-state index in [0.717, 1.165) is 0 Å². The van der Waals surface area contributed by atoms with Crippen LogP contribution in [0, 0.1) is 5.82 Å². The lowest BCUT2D eigenvalue weighted by atomic mass is 9.90. The van der Waals surface area contributed by atoms with Crippen molar-refractivity contribution >= 4 is 5.91 Å². The molecule has 0 spiro atoms. The van der Waals surface area contributed by atoms with E-state index in [2.05, 4.69) is 5.32 Å². The van der Waals surface area contributed by atoms with Gasteiger partial charge >= 0.3 is 0 Å². The van der Waals surface area contributed by atoms with Crippen LogP contribution in [0.3, 0.4) is 0 Å². The Morgan fingerprint density at radius 1 is 1.33 bits per heavy atom. The highest BCUT2D eigenvalue weighted by Gasteiger charge is 2.33. The second kappa shape index (κ2) is 5.46. The van der Waals surface area contributed by atoms with Crippen molar-refractivity contribution in [1.29, 1.82) is 0 Å². The molecule has 1 heterocycles. The van der Waals surface area contributed by atoms with Gasteiger partial charge in [0, 0.05) is 18.8 Å². The molecule has 18 heavy (non-hydrogen) atoms. The maximum Gasteiger partial charge on any atom is 0.251 e. The highest BCUT2D eigenvalue weighted by molar-refractivity contribution is 5.94. The molecule has 1 fully saturated rings. The zero-order valence-electron chi connectivity index (χ0n) is 9.99. The highest BCUT2D eigenvalue weighted by Crippen LogP contribution is 2.20. The summed E-state index contributed by atoms with van der Waals surface area (Å²) in [5, 5.41) is 12.3. The minimum absolute atomic E-state index is 0.122. The predicted molar refractivity (Wildman–Crippen MR) is 63.7 cm³/mol. The number of benzene rings is 1. The van der Waals surface area contributed by atoms with Crippen molar-refractivity contribution in [3.05, 3.63) is 35.6 Å². The van der Waals surface area contributed by atoms with E-state index < -0.39 is 5.54 Å². The molecule has 0 bridgehead atoms. The maximum absolute atomic E-state index is 12.8. The first-order chi connectivity index (χ1) is 8.65. The predicted octanol–water partition coefficient (Wildman–Crippen LogP) is 1.10. The molecule has 4 nitrogen and oxygen atoms in total. The SMILES string of the molecule is O=C(NC1(CO)CCOCC1)c1ccc(F)cc1. The Kier molecular flexibility index (Phi) is 3.93. The van der Waals surface area contributed by atoms with E-state index in [9.17, 15) is 14.3 Å². The van der Waals surface area contributed by atoms with Crippen molar-refractivity contribution < 1.29 is 19.0 Å². The lowest BCUT2D eigenvalue weighted by Crippen LogP contribution is -2.54. The van der Waals surface area contributed by atoms with Gasteiger partial charge in [-0.1, -0.05) is 0 Å². The Balaban J connectivity index is 2.07. The molecule has 1 aliphatic rings. The van der Waals surface area contributed by atoms with Crippen LogP contribution in [0.2, 0.25) is 0 Å². The summed E-state index contributed by atoms with van der Waals surface area (Å²) in [5.74, 6) is -0.680. The Bertz CT molecular complexity index is 413. The van der Waals surface area contributed by atoms with E-state index in [1.165, 1.54) is 24.3 Å². The molecule has 1 saturated heterocycles. The van der Waals surface area contributed by atoms with E-state index >= 15 is 0 Å². The van der Waals surface area contributed by atoms with E-state index in [1.807, 2.05) is 0 Å². The monoisotopic (exact) mass is 253 g/mol. The van der Waals surface area contributed by atoms with Gasteiger partial charge in [-0.3, -0.25) is 4.79 Å². The topological polar surface area (TPSA) is 58.6 Å². The third kappa shape index (κ3) is 2.86. The third-order valence-corrected chi connectivity index (χ3v) is 3.24. The molecule has 2 rings (SSSR count). The molecular formula is C13H16FNO3. The summed E-state index contributed by atoms with van der Waals surface area (Å²) in [4.78, 5) is 12.0. The minimum Gasteiger partial charge on any atom is -0.394 e. The quantitative estimate of drug-likeness (QED) is 0.848. The number of carbonyl (C=O) groups excluding carboxylic acids is 1. The van der Waals surface area contributed by atoms with Crippen molar-refractivity contribution in [1.82, 2.24) is 5.32 Å². The zero-order valence-corrected chi connectivity index (χ0v) is 9.99. The highest BCUT2D eigenvalue weighted by atomic mass is 19.1. The van der Waals surface area contributed by atoms with Crippen molar-refractivity contribution in [2.75, 3.05) is 19.8 Å². The average molecular weight is 253 g/mol. The summed E-state index contributed by atoms with van der Waals surface area (Å²) in [6, 6.07) is 5.33. The summed E-state index contributed by atoms with van der Waals surface area (Å²) in [5.41, 5.74) is -0.236. The summed E-state index contributed by atoms with van der Waals surface area (Å²) < 4.78 is 18.0. The first-order valence-corrected chi connectivity index (χ1v) is 5.92. The summed E-state index contributed by atoms with van der Waals surface area (Å²) in [6.07, 6.45) is 1.16. The van der Waals surface area contributed by atoms with Gasteiger partial charge in [-0.25, -0.2) is 4.39 Å². The average Bonchev–Trinajstić information content (AvgIpc) is 2.40. The summed E-state index contributed by atoms with van der Waals surface area (Å²) in [6.45, 7) is 0.914. The normalized spacial score (nSPS) is 18.3. The van der Waals surface area contributed by atoms with Crippen molar-refractivity contribution in [3.8, 4) is 0 Å². The first-order valence-electron chi connectivity index (χ1n) is 5.92. The van der Waals surface area contributed by atoms with Crippen LogP contribution in [0.1, 0.15) is 23.2 Å². The Morgan fingerprint density at radius 3 is 2.50 bits per heavy atom. The number of aliphatic hydroxyl groups excluding tert-OH is 1. The lowest BCUT2D eigenvalue weighted by molar-refractivity contribution is 0.0125.